The van der Waals surface area contributed by atoms with Gasteiger partial charge in [0.2, 0.25) is 5.91 Å². The normalized spacial score (nSPS) is 18.3. The molecule has 0 bridgehead atoms. The van der Waals surface area contributed by atoms with Gasteiger partial charge in [0.25, 0.3) is 0 Å². The molecule has 1 saturated heterocycles. The monoisotopic (exact) mass is 422 g/mol. The van der Waals surface area contributed by atoms with Gasteiger partial charge < -0.3 is 5.32 Å². The van der Waals surface area contributed by atoms with Crippen LogP contribution in [0, 0.1) is 26.6 Å². The molecule has 1 aliphatic heterocycles. The van der Waals surface area contributed by atoms with Gasteiger partial charge in [0.1, 0.15) is 5.82 Å². The molecule has 1 N–H and O–H groups in total. The van der Waals surface area contributed by atoms with Crippen molar-refractivity contribution in [2.75, 3.05) is 30.4 Å². The first-order chi connectivity index (χ1) is 13.6. The van der Waals surface area contributed by atoms with Crippen molar-refractivity contribution >= 4 is 21.4 Å². The first-order valence-electron chi connectivity index (χ1n) is 9.55. The Bertz CT molecular complexity index is 1030. The molecule has 1 fully saturated rings. The van der Waals surface area contributed by atoms with Gasteiger partial charge in [0.05, 0.1) is 35.5 Å². The molecule has 1 amide bonds. The van der Waals surface area contributed by atoms with Crippen molar-refractivity contribution in [3.63, 3.8) is 0 Å². The highest BCUT2D eigenvalue weighted by molar-refractivity contribution is 7.91. The summed E-state index contributed by atoms with van der Waals surface area (Å²) in [5.74, 6) is -0.448. The molecule has 2 heterocycles. The summed E-state index contributed by atoms with van der Waals surface area (Å²) in [5, 5.41) is 7.15. The Hall–Kier alpha value is -2.26. The summed E-state index contributed by atoms with van der Waals surface area (Å²) >= 11 is 0. The van der Waals surface area contributed by atoms with Gasteiger partial charge in [-0.25, -0.2) is 12.8 Å². The number of likely N-dealkylation sites (N-methyl/N-ethyl adjacent to an activating group) is 1. The average Bonchev–Trinajstić information content (AvgIpc) is 3.11. The van der Waals surface area contributed by atoms with E-state index in [1.807, 2.05) is 23.4 Å². The van der Waals surface area contributed by atoms with Crippen LogP contribution in [0.15, 0.2) is 18.2 Å². The van der Waals surface area contributed by atoms with Crippen LogP contribution in [0.3, 0.4) is 0 Å². The van der Waals surface area contributed by atoms with Crippen LogP contribution in [-0.4, -0.2) is 54.1 Å². The van der Waals surface area contributed by atoms with E-state index in [2.05, 4.69) is 10.4 Å². The van der Waals surface area contributed by atoms with Crippen LogP contribution in [0.1, 0.15) is 35.0 Å². The van der Waals surface area contributed by atoms with E-state index < -0.39 is 15.7 Å². The number of carbonyl (C=O) groups is 1. The van der Waals surface area contributed by atoms with E-state index in [1.165, 1.54) is 6.07 Å². The largest absolute Gasteiger partial charge is 0.322 e. The third-order valence-corrected chi connectivity index (χ3v) is 7.02. The van der Waals surface area contributed by atoms with Gasteiger partial charge in [-0.15, -0.1) is 0 Å². The van der Waals surface area contributed by atoms with Crippen LogP contribution in [0.5, 0.6) is 0 Å². The van der Waals surface area contributed by atoms with Gasteiger partial charge >= 0.3 is 0 Å². The van der Waals surface area contributed by atoms with Crippen LogP contribution in [0.25, 0.3) is 0 Å². The van der Waals surface area contributed by atoms with Crippen molar-refractivity contribution in [1.82, 2.24) is 14.7 Å². The lowest BCUT2D eigenvalue weighted by molar-refractivity contribution is -0.117. The van der Waals surface area contributed by atoms with Gasteiger partial charge in [0.15, 0.2) is 9.84 Å². The van der Waals surface area contributed by atoms with Gasteiger partial charge in [-0.1, -0.05) is 6.07 Å². The molecule has 0 saturated carbocycles. The van der Waals surface area contributed by atoms with E-state index in [4.69, 9.17) is 0 Å². The van der Waals surface area contributed by atoms with Crippen LogP contribution < -0.4 is 5.32 Å². The molecule has 2 aromatic rings. The molecule has 0 spiro atoms. The second kappa shape index (κ2) is 8.23. The molecular formula is C20H27FN4O3S. The number of halogens is 1. The van der Waals surface area contributed by atoms with Crippen molar-refractivity contribution in [1.29, 1.82) is 0 Å². The molecule has 3 rings (SSSR count). The topological polar surface area (TPSA) is 84.3 Å². The van der Waals surface area contributed by atoms with Crippen molar-refractivity contribution in [2.45, 2.75) is 39.8 Å². The number of nitrogens with zero attached hydrogens (tertiary/aromatic N) is 3. The quantitative estimate of drug-likeness (QED) is 0.773. The Morgan fingerprint density at radius 3 is 2.69 bits per heavy atom. The van der Waals surface area contributed by atoms with Crippen molar-refractivity contribution < 1.29 is 17.6 Å². The zero-order valence-electron chi connectivity index (χ0n) is 17.2. The highest BCUT2D eigenvalue weighted by atomic mass is 32.2. The number of benzene rings is 1. The van der Waals surface area contributed by atoms with Crippen LogP contribution in [0.2, 0.25) is 0 Å². The third kappa shape index (κ3) is 5.02. The number of aryl methyl sites for hydroxylation is 2. The molecule has 0 unspecified atom stereocenters. The fourth-order valence-corrected chi connectivity index (χ4v) is 5.42. The molecule has 29 heavy (non-hydrogen) atoms. The molecule has 0 radical (unpaired) electrons. The van der Waals surface area contributed by atoms with Crippen molar-refractivity contribution in [3.05, 3.63) is 46.5 Å². The summed E-state index contributed by atoms with van der Waals surface area (Å²) in [5.41, 5.74) is 3.67. The number of nitrogens with one attached hydrogen (secondary N) is 1. The number of anilines is 1. The van der Waals surface area contributed by atoms with E-state index in [0.29, 0.717) is 13.0 Å². The SMILES string of the molecule is Cc1ccc(NC(=O)CN(C)Cc2c(C)nn([C@H]3CCS(=O)(=O)C3)c2C)c(F)c1. The summed E-state index contributed by atoms with van der Waals surface area (Å²) in [4.78, 5) is 14.1. The van der Waals surface area contributed by atoms with Crippen LogP contribution in [-0.2, 0) is 21.2 Å². The van der Waals surface area contributed by atoms with Crippen LogP contribution >= 0.6 is 0 Å². The Balaban J connectivity index is 1.64. The average molecular weight is 423 g/mol. The fourth-order valence-electron chi connectivity index (χ4n) is 3.73. The Morgan fingerprint density at radius 2 is 2.07 bits per heavy atom. The summed E-state index contributed by atoms with van der Waals surface area (Å²) in [6.07, 6.45) is 0.574. The Labute approximate surface area is 170 Å². The summed E-state index contributed by atoms with van der Waals surface area (Å²) in [7, 11) is -1.19. The minimum absolute atomic E-state index is 0.0924. The van der Waals surface area contributed by atoms with Gasteiger partial charge in [0, 0.05) is 17.8 Å². The minimum atomic E-state index is -2.99. The molecule has 1 aliphatic rings. The zero-order valence-corrected chi connectivity index (χ0v) is 18.0. The number of hydrogen-bond acceptors (Lipinski definition) is 5. The van der Waals surface area contributed by atoms with E-state index in [0.717, 1.165) is 22.5 Å². The molecular weight excluding hydrogens is 395 g/mol. The molecule has 9 heteroatoms. The number of sulfone groups is 1. The first-order valence-corrected chi connectivity index (χ1v) is 11.4. The van der Waals surface area contributed by atoms with Gasteiger partial charge in [-0.05, 0) is 51.9 Å². The molecule has 1 aromatic heterocycles. The van der Waals surface area contributed by atoms with Gasteiger partial charge in [-0.3, -0.25) is 14.4 Å². The lowest BCUT2D eigenvalue weighted by Crippen LogP contribution is -2.30. The maximum Gasteiger partial charge on any atom is 0.238 e. The maximum atomic E-state index is 13.9. The minimum Gasteiger partial charge on any atom is -0.322 e. The van der Waals surface area contributed by atoms with E-state index in [1.54, 1.807) is 26.1 Å². The summed E-state index contributed by atoms with van der Waals surface area (Å²) in [6.45, 7) is 6.18. The van der Waals surface area contributed by atoms with Crippen molar-refractivity contribution in [2.24, 2.45) is 0 Å². The number of amides is 1. The Morgan fingerprint density at radius 1 is 1.34 bits per heavy atom. The smallest absolute Gasteiger partial charge is 0.238 e. The van der Waals surface area contributed by atoms with Crippen LogP contribution in [0.4, 0.5) is 10.1 Å². The summed E-state index contributed by atoms with van der Waals surface area (Å²) in [6, 6.07) is 4.54. The first kappa shape index (κ1) is 21.4. The number of carbonyl (C=O) groups excluding carboxylic acids is 1. The maximum absolute atomic E-state index is 13.9. The molecule has 1 aromatic carbocycles. The molecule has 1 atom stereocenters. The third-order valence-electron chi connectivity index (χ3n) is 5.27. The number of rotatable bonds is 6. The lowest BCUT2D eigenvalue weighted by atomic mass is 10.1. The lowest BCUT2D eigenvalue weighted by Gasteiger charge is -2.17. The van der Waals surface area contributed by atoms with Gasteiger partial charge in [-0.2, -0.15) is 5.10 Å². The predicted molar refractivity (Wildman–Crippen MR) is 110 cm³/mol. The van der Waals surface area contributed by atoms with E-state index >= 15 is 0 Å². The highest BCUT2D eigenvalue weighted by Gasteiger charge is 2.31. The highest BCUT2D eigenvalue weighted by Crippen LogP contribution is 2.27. The number of aromatic nitrogens is 2. The van der Waals surface area contributed by atoms with E-state index in [9.17, 15) is 17.6 Å². The standard InChI is InChI=1S/C20H27FN4O3S/c1-13-5-6-19(18(21)9-13)22-20(26)11-24(4)10-17-14(2)23-25(15(17)3)16-7-8-29(27,28)12-16/h5-6,9,16H,7-8,10-12H2,1-4H3,(H,22,26)/t16-/m0/s1. The Kier molecular flexibility index (Phi) is 6.09. The number of hydrogen-bond donors (Lipinski definition) is 1. The zero-order chi connectivity index (χ0) is 21.3. The second-order valence-electron chi connectivity index (χ2n) is 7.85. The summed E-state index contributed by atoms with van der Waals surface area (Å²) < 4.78 is 39.3. The molecule has 0 aliphatic carbocycles. The molecule has 158 valence electrons. The van der Waals surface area contributed by atoms with Crippen molar-refractivity contribution in [3.8, 4) is 0 Å². The fraction of sp³-hybridized carbons (Fsp3) is 0.500. The second-order valence-corrected chi connectivity index (χ2v) is 10.1. The predicted octanol–water partition coefficient (Wildman–Crippen LogP) is 2.38. The van der Waals surface area contributed by atoms with E-state index in [-0.39, 0.29) is 35.7 Å². The molecule has 7 nitrogen and oxygen atoms in total.